The molecule has 0 aliphatic carbocycles. The van der Waals surface area contributed by atoms with E-state index in [2.05, 4.69) is 27.8 Å². The molecule has 1 heterocycles. The highest BCUT2D eigenvalue weighted by Crippen LogP contribution is 2.22. The van der Waals surface area contributed by atoms with E-state index in [1.165, 1.54) is 36.9 Å². The summed E-state index contributed by atoms with van der Waals surface area (Å²) in [5.41, 5.74) is 2.23. The summed E-state index contributed by atoms with van der Waals surface area (Å²) in [7, 11) is 1.59. The minimum atomic E-state index is -0.592. The van der Waals surface area contributed by atoms with Gasteiger partial charge in [0.1, 0.15) is 11.0 Å². The number of nitrogens with one attached hydrogen (secondary N) is 1. The fourth-order valence-corrected chi connectivity index (χ4v) is 3.88. The number of anilines is 1. The van der Waals surface area contributed by atoms with Crippen molar-refractivity contribution in [3.05, 3.63) is 34.7 Å². The molecule has 1 aliphatic heterocycles. The molecule has 2 rings (SSSR count). The van der Waals surface area contributed by atoms with Crippen LogP contribution in [-0.4, -0.2) is 55.8 Å². The highest BCUT2D eigenvalue weighted by atomic mass is 32.2. The van der Waals surface area contributed by atoms with Gasteiger partial charge in [-0.1, -0.05) is 12.1 Å². The van der Waals surface area contributed by atoms with Crippen LogP contribution < -0.4 is 9.62 Å². The molecule has 6 nitrogen and oxygen atoms in total. The molecule has 1 aliphatic rings. The molecule has 7 heteroatoms. The lowest BCUT2D eigenvalue weighted by molar-refractivity contribution is 0.0387. The Hall–Kier alpha value is -1.56. The number of hydrogen-bond donors (Lipinski definition) is 3. The third-order valence-corrected chi connectivity index (χ3v) is 5.59. The van der Waals surface area contributed by atoms with Crippen molar-refractivity contribution in [3.8, 4) is 6.07 Å². The van der Waals surface area contributed by atoms with Crippen molar-refractivity contribution in [1.82, 2.24) is 4.72 Å². The van der Waals surface area contributed by atoms with Gasteiger partial charge in [-0.25, -0.2) is 0 Å². The number of ether oxygens (including phenoxy) is 1. The zero-order chi connectivity index (χ0) is 20.2. The standard InChI is InChI=1S/C21H31N3O3S/c1-27-20(14-19(26)9-12-25)16-23-28-21(15-22)13-17-5-7-18(8-6-17)24-10-3-2-4-11-24/h5-8,13,19-20,23,25-26H,2-4,9-12,14,16H2,1H3/b21-13+. The molecular weight excluding hydrogens is 374 g/mol. The molecule has 1 aromatic rings. The average Bonchev–Trinajstić information content (AvgIpc) is 2.73. The predicted octanol–water partition coefficient (Wildman–Crippen LogP) is 2.93. The lowest BCUT2D eigenvalue weighted by atomic mass is 10.1. The first-order chi connectivity index (χ1) is 13.7. The van der Waals surface area contributed by atoms with E-state index in [1.54, 1.807) is 7.11 Å². The van der Waals surface area contributed by atoms with Gasteiger partial charge in [0.2, 0.25) is 0 Å². The first kappa shape index (κ1) is 22.7. The van der Waals surface area contributed by atoms with E-state index < -0.39 is 6.10 Å². The number of nitrogens with zero attached hydrogens (tertiary/aromatic N) is 2. The van der Waals surface area contributed by atoms with Crippen molar-refractivity contribution >= 4 is 23.7 Å². The SMILES string of the molecule is COC(CNS/C(C#N)=C/c1ccc(N2CCCCC2)cc1)CC(O)CCO. The molecule has 0 saturated carbocycles. The highest BCUT2D eigenvalue weighted by Gasteiger charge is 2.14. The molecule has 28 heavy (non-hydrogen) atoms. The Labute approximate surface area is 172 Å². The molecule has 0 amide bonds. The van der Waals surface area contributed by atoms with Gasteiger partial charge in [0.15, 0.2) is 0 Å². The van der Waals surface area contributed by atoms with Crippen molar-refractivity contribution in [1.29, 1.82) is 5.26 Å². The summed E-state index contributed by atoms with van der Waals surface area (Å²) in [5, 5.41) is 28.0. The number of nitriles is 1. The third kappa shape index (κ3) is 7.82. The second-order valence-corrected chi connectivity index (χ2v) is 7.90. The van der Waals surface area contributed by atoms with E-state index in [0.29, 0.717) is 24.3 Å². The number of benzene rings is 1. The van der Waals surface area contributed by atoms with Crippen LogP contribution in [0.15, 0.2) is 29.2 Å². The summed E-state index contributed by atoms with van der Waals surface area (Å²) in [6.07, 6.45) is 5.68. The van der Waals surface area contributed by atoms with Crippen LogP contribution in [-0.2, 0) is 4.74 Å². The van der Waals surface area contributed by atoms with Crippen LogP contribution >= 0.6 is 11.9 Å². The van der Waals surface area contributed by atoms with Crippen molar-refractivity contribution in [3.63, 3.8) is 0 Å². The van der Waals surface area contributed by atoms with Crippen molar-refractivity contribution in [2.24, 2.45) is 0 Å². The Morgan fingerprint density at radius 2 is 2.04 bits per heavy atom. The molecule has 3 N–H and O–H groups in total. The summed E-state index contributed by atoms with van der Waals surface area (Å²) in [4.78, 5) is 2.98. The Balaban J connectivity index is 1.84. The average molecular weight is 406 g/mol. The Morgan fingerprint density at radius 1 is 1.32 bits per heavy atom. The Kier molecular flexibility index (Phi) is 10.4. The van der Waals surface area contributed by atoms with Gasteiger partial charge in [0.05, 0.1) is 12.2 Å². The number of methoxy groups -OCH3 is 1. The maximum absolute atomic E-state index is 9.78. The first-order valence-corrected chi connectivity index (χ1v) is 10.7. The van der Waals surface area contributed by atoms with Crippen LogP contribution in [0, 0.1) is 11.3 Å². The third-order valence-electron chi connectivity index (χ3n) is 4.85. The Bertz CT molecular complexity index is 639. The largest absolute Gasteiger partial charge is 0.396 e. The molecule has 1 aromatic carbocycles. The van der Waals surface area contributed by atoms with E-state index in [9.17, 15) is 10.4 Å². The summed E-state index contributed by atoms with van der Waals surface area (Å²) < 4.78 is 8.48. The van der Waals surface area contributed by atoms with E-state index >= 15 is 0 Å². The maximum Gasteiger partial charge on any atom is 0.107 e. The summed E-state index contributed by atoms with van der Waals surface area (Å²) in [6.45, 7) is 2.69. The zero-order valence-corrected chi connectivity index (χ0v) is 17.3. The highest BCUT2D eigenvalue weighted by molar-refractivity contribution is 8.01. The van der Waals surface area contributed by atoms with E-state index in [0.717, 1.165) is 18.7 Å². The summed E-state index contributed by atoms with van der Waals surface area (Å²) in [5.74, 6) is 0. The van der Waals surface area contributed by atoms with Crippen LogP contribution in [0.25, 0.3) is 6.08 Å². The number of aliphatic hydroxyl groups is 2. The zero-order valence-electron chi connectivity index (χ0n) is 16.5. The van der Waals surface area contributed by atoms with Crippen LogP contribution in [0.4, 0.5) is 5.69 Å². The first-order valence-electron chi connectivity index (χ1n) is 9.84. The van der Waals surface area contributed by atoms with E-state index in [4.69, 9.17) is 9.84 Å². The minimum absolute atomic E-state index is 0.0440. The van der Waals surface area contributed by atoms with Gasteiger partial charge < -0.3 is 19.8 Å². The second kappa shape index (κ2) is 12.8. The lowest BCUT2D eigenvalue weighted by Gasteiger charge is -2.28. The van der Waals surface area contributed by atoms with Gasteiger partial charge >= 0.3 is 0 Å². The molecule has 0 aromatic heterocycles. The van der Waals surface area contributed by atoms with Gasteiger partial charge in [0, 0.05) is 45.5 Å². The summed E-state index contributed by atoms with van der Waals surface area (Å²) in [6, 6.07) is 10.5. The molecule has 154 valence electrons. The van der Waals surface area contributed by atoms with Gasteiger partial charge in [-0.3, -0.25) is 4.72 Å². The molecule has 0 spiro atoms. The lowest BCUT2D eigenvalue weighted by Crippen LogP contribution is -2.29. The number of rotatable bonds is 11. The van der Waals surface area contributed by atoms with Crippen LogP contribution in [0.3, 0.4) is 0 Å². The van der Waals surface area contributed by atoms with Crippen molar-refractivity contribution < 1.29 is 14.9 Å². The maximum atomic E-state index is 9.78. The quantitative estimate of drug-likeness (QED) is 0.385. The number of aliphatic hydroxyl groups excluding tert-OH is 2. The minimum Gasteiger partial charge on any atom is -0.396 e. The smallest absolute Gasteiger partial charge is 0.107 e. The molecule has 1 fully saturated rings. The van der Waals surface area contributed by atoms with Gasteiger partial charge in [0.25, 0.3) is 0 Å². The van der Waals surface area contributed by atoms with Crippen LogP contribution in [0.5, 0.6) is 0 Å². The fraction of sp³-hybridized carbons (Fsp3) is 0.571. The van der Waals surface area contributed by atoms with Crippen molar-refractivity contribution in [2.45, 2.75) is 44.3 Å². The molecule has 1 saturated heterocycles. The van der Waals surface area contributed by atoms with Crippen LogP contribution in [0.2, 0.25) is 0 Å². The molecule has 2 unspecified atom stereocenters. The van der Waals surface area contributed by atoms with Gasteiger partial charge in [-0.05, 0) is 61.4 Å². The predicted molar refractivity (Wildman–Crippen MR) is 115 cm³/mol. The van der Waals surface area contributed by atoms with E-state index in [1.807, 2.05) is 18.2 Å². The number of hydrogen-bond acceptors (Lipinski definition) is 7. The monoisotopic (exact) mass is 405 g/mol. The number of piperidine rings is 1. The van der Waals surface area contributed by atoms with E-state index in [-0.39, 0.29) is 12.7 Å². The molecule has 0 radical (unpaired) electrons. The van der Waals surface area contributed by atoms with Crippen molar-refractivity contribution in [2.75, 3.05) is 38.3 Å². The molecule has 2 atom stereocenters. The normalized spacial score (nSPS) is 17.2. The molecule has 0 bridgehead atoms. The topological polar surface area (TPSA) is 88.8 Å². The Morgan fingerprint density at radius 3 is 2.64 bits per heavy atom. The summed E-state index contributed by atoms with van der Waals surface area (Å²) >= 11 is 1.26. The van der Waals surface area contributed by atoms with Crippen LogP contribution in [0.1, 0.15) is 37.7 Å². The molecular formula is C21H31N3O3S. The second-order valence-electron chi connectivity index (χ2n) is 6.97. The van der Waals surface area contributed by atoms with Gasteiger partial charge in [-0.15, -0.1) is 0 Å². The number of allylic oxidation sites excluding steroid dienone is 1. The van der Waals surface area contributed by atoms with Gasteiger partial charge in [-0.2, -0.15) is 5.26 Å². The fourth-order valence-electron chi connectivity index (χ4n) is 3.21.